The predicted octanol–water partition coefficient (Wildman–Crippen LogP) is 2.68. The Morgan fingerprint density at radius 1 is 1.20 bits per heavy atom. The molecular weight excluding hydrogens is 188 g/mol. The first-order valence-corrected chi connectivity index (χ1v) is 5.45. The van der Waals surface area contributed by atoms with Gasteiger partial charge >= 0.3 is 0 Å². The number of rotatable bonds is 2. The molecule has 0 heterocycles. The van der Waals surface area contributed by atoms with Gasteiger partial charge in [-0.05, 0) is 55.9 Å². The smallest absolute Gasteiger partial charge is 0.122 e. The molecular formula is C13H18O2. The third-order valence-corrected chi connectivity index (χ3v) is 3.64. The second kappa shape index (κ2) is 3.53. The van der Waals surface area contributed by atoms with Gasteiger partial charge in [-0.25, -0.2) is 0 Å². The lowest BCUT2D eigenvalue weighted by atomic mass is 9.73. The largest absolute Gasteiger partial charge is 0.496 e. The Labute approximate surface area is 90.9 Å². The molecule has 2 nitrogen and oxygen atoms in total. The number of aliphatic hydroxyl groups is 1. The molecule has 15 heavy (non-hydrogen) atoms. The van der Waals surface area contributed by atoms with Crippen LogP contribution in [0.1, 0.15) is 36.0 Å². The highest BCUT2D eigenvalue weighted by atomic mass is 16.5. The summed E-state index contributed by atoms with van der Waals surface area (Å²) >= 11 is 0. The predicted molar refractivity (Wildman–Crippen MR) is 60.2 cm³/mol. The number of hydrogen-bond acceptors (Lipinski definition) is 2. The van der Waals surface area contributed by atoms with Gasteiger partial charge in [0.2, 0.25) is 0 Å². The Morgan fingerprint density at radius 3 is 2.33 bits per heavy atom. The molecule has 2 heteroatoms. The molecule has 1 N–H and O–H groups in total. The molecule has 1 aliphatic rings. The van der Waals surface area contributed by atoms with E-state index >= 15 is 0 Å². The van der Waals surface area contributed by atoms with E-state index in [1.807, 2.05) is 19.1 Å². The Morgan fingerprint density at radius 2 is 1.87 bits per heavy atom. The summed E-state index contributed by atoms with van der Waals surface area (Å²) in [5.74, 6) is 0.902. The molecule has 0 saturated heterocycles. The van der Waals surface area contributed by atoms with E-state index in [0.29, 0.717) is 0 Å². The summed E-state index contributed by atoms with van der Waals surface area (Å²) in [6.07, 6.45) is 2.90. The summed E-state index contributed by atoms with van der Waals surface area (Å²) in [6, 6.07) is 3.95. The molecule has 1 aliphatic carbocycles. The number of methoxy groups -OCH3 is 1. The van der Waals surface area contributed by atoms with E-state index < -0.39 is 5.60 Å². The molecule has 1 fully saturated rings. The van der Waals surface area contributed by atoms with Crippen molar-refractivity contribution in [1.29, 1.82) is 0 Å². The van der Waals surface area contributed by atoms with Crippen LogP contribution < -0.4 is 4.74 Å². The molecule has 0 atom stereocenters. The van der Waals surface area contributed by atoms with Crippen molar-refractivity contribution in [2.45, 2.75) is 38.7 Å². The molecule has 0 aromatic heterocycles. The zero-order valence-corrected chi connectivity index (χ0v) is 9.63. The zero-order valence-electron chi connectivity index (χ0n) is 9.63. The molecule has 82 valence electrons. The lowest BCUT2D eigenvalue weighted by Crippen LogP contribution is -2.34. The van der Waals surface area contributed by atoms with Crippen LogP contribution in [0.2, 0.25) is 0 Å². The third kappa shape index (κ3) is 1.53. The van der Waals surface area contributed by atoms with Crippen LogP contribution in [0.3, 0.4) is 0 Å². The highest BCUT2D eigenvalue weighted by molar-refractivity contribution is 5.46. The highest BCUT2D eigenvalue weighted by Crippen LogP contribution is 2.43. The van der Waals surface area contributed by atoms with Crippen LogP contribution >= 0.6 is 0 Å². The topological polar surface area (TPSA) is 29.5 Å². The maximum Gasteiger partial charge on any atom is 0.122 e. The SMILES string of the molecule is COc1ccc(C2(O)CCC2)c(C)c1C. The van der Waals surface area contributed by atoms with Gasteiger partial charge in [-0.3, -0.25) is 0 Å². The van der Waals surface area contributed by atoms with E-state index in [1.165, 1.54) is 0 Å². The average Bonchev–Trinajstić information content (AvgIpc) is 2.19. The highest BCUT2D eigenvalue weighted by Gasteiger charge is 2.37. The normalized spacial score (nSPS) is 18.4. The Bertz CT molecular complexity index is 378. The first-order valence-electron chi connectivity index (χ1n) is 5.45. The summed E-state index contributed by atoms with van der Waals surface area (Å²) in [7, 11) is 1.68. The summed E-state index contributed by atoms with van der Waals surface area (Å²) in [5, 5.41) is 10.3. The van der Waals surface area contributed by atoms with Crippen molar-refractivity contribution in [3.05, 3.63) is 28.8 Å². The van der Waals surface area contributed by atoms with Crippen molar-refractivity contribution in [1.82, 2.24) is 0 Å². The van der Waals surface area contributed by atoms with Gasteiger partial charge in [0, 0.05) is 0 Å². The summed E-state index contributed by atoms with van der Waals surface area (Å²) in [5.41, 5.74) is 2.81. The van der Waals surface area contributed by atoms with Crippen molar-refractivity contribution < 1.29 is 9.84 Å². The van der Waals surface area contributed by atoms with Crippen LogP contribution in [-0.2, 0) is 5.60 Å². The number of ether oxygens (including phenoxy) is 1. The van der Waals surface area contributed by atoms with Gasteiger partial charge in [-0.1, -0.05) is 6.07 Å². The van der Waals surface area contributed by atoms with E-state index in [1.54, 1.807) is 7.11 Å². The minimum atomic E-state index is -0.568. The minimum absolute atomic E-state index is 0.568. The molecule has 0 amide bonds. The quantitative estimate of drug-likeness (QED) is 0.806. The Kier molecular flexibility index (Phi) is 2.47. The first-order chi connectivity index (χ1) is 7.08. The van der Waals surface area contributed by atoms with Gasteiger partial charge in [-0.15, -0.1) is 0 Å². The summed E-state index contributed by atoms with van der Waals surface area (Å²) < 4.78 is 5.26. The molecule has 1 saturated carbocycles. The van der Waals surface area contributed by atoms with Crippen molar-refractivity contribution in [2.75, 3.05) is 7.11 Å². The van der Waals surface area contributed by atoms with E-state index in [-0.39, 0.29) is 0 Å². The zero-order chi connectivity index (χ0) is 11.1. The summed E-state index contributed by atoms with van der Waals surface area (Å²) in [4.78, 5) is 0. The lowest BCUT2D eigenvalue weighted by Gasteiger charge is -2.38. The van der Waals surface area contributed by atoms with Gasteiger partial charge in [0.1, 0.15) is 5.75 Å². The van der Waals surface area contributed by atoms with Gasteiger partial charge in [0.05, 0.1) is 12.7 Å². The second-order valence-electron chi connectivity index (χ2n) is 4.45. The first kappa shape index (κ1) is 10.5. The van der Waals surface area contributed by atoms with E-state index in [4.69, 9.17) is 4.74 Å². The molecule has 0 aliphatic heterocycles. The number of hydrogen-bond donors (Lipinski definition) is 1. The molecule has 0 bridgehead atoms. The van der Waals surface area contributed by atoms with E-state index in [0.717, 1.165) is 41.7 Å². The van der Waals surface area contributed by atoms with Crippen LogP contribution in [0.15, 0.2) is 12.1 Å². The Balaban J connectivity index is 2.46. The van der Waals surface area contributed by atoms with Gasteiger partial charge < -0.3 is 9.84 Å². The lowest BCUT2D eigenvalue weighted by molar-refractivity contribution is -0.0393. The van der Waals surface area contributed by atoms with Crippen LogP contribution in [0, 0.1) is 13.8 Å². The van der Waals surface area contributed by atoms with Crippen LogP contribution in [0.4, 0.5) is 0 Å². The van der Waals surface area contributed by atoms with Crippen molar-refractivity contribution in [3.8, 4) is 5.75 Å². The maximum absolute atomic E-state index is 10.3. The van der Waals surface area contributed by atoms with Crippen LogP contribution in [-0.4, -0.2) is 12.2 Å². The van der Waals surface area contributed by atoms with Crippen molar-refractivity contribution >= 4 is 0 Å². The average molecular weight is 206 g/mol. The fourth-order valence-corrected chi connectivity index (χ4v) is 2.30. The number of benzene rings is 1. The van der Waals surface area contributed by atoms with Crippen LogP contribution in [0.25, 0.3) is 0 Å². The minimum Gasteiger partial charge on any atom is -0.496 e. The standard InChI is InChI=1S/C13H18O2/c1-9-10(2)12(15-3)6-5-11(9)13(14)7-4-8-13/h5-6,14H,4,7-8H2,1-3H3. The summed E-state index contributed by atoms with van der Waals surface area (Å²) in [6.45, 7) is 4.10. The molecule has 2 rings (SSSR count). The monoisotopic (exact) mass is 206 g/mol. The van der Waals surface area contributed by atoms with Crippen molar-refractivity contribution in [3.63, 3.8) is 0 Å². The maximum atomic E-state index is 10.3. The fraction of sp³-hybridized carbons (Fsp3) is 0.538. The van der Waals surface area contributed by atoms with Gasteiger partial charge in [0.15, 0.2) is 0 Å². The Hall–Kier alpha value is -1.02. The van der Waals surface area contributed by atoms with E-state index in [2.05, 4.69) is 6.92 Å². The second-order valence-corrected chi connectivity index (χ2v) is 4.45. The van der Waals surface area contributed by atoms with Gasteiger partial charge in [-0.2, -0.15) is 0 Å². The van der Waals surface area contributed by atoms with Crippen molar-refractivity contribution in [2.24, 2.45) is 0 Å². The van der Waals surface area contributed by atoms with Crippen LogP contribution in [0.5, 0.6) is 5.75 Å². The fourth-order valence-electron chi connectivity index (χ4n) is 2.30. The third-order valence-electron chi connectivity index (χ3n) is 3.64. The van der Waals surface area contributed by atoms with Gasteiger partial charge in [0.25, 0.3) is 0 Å². The molecule has 1 aromatic rings. The molecule has 0 radical (unpaired) electrons. The van der Waals surface area contributed by atoms with E-state index in [9.17, 15) is 5.11 Å². The molecule has 0 spiro atoms. The molecule has 0 unspecified atom stereocenters. The molecule has 1 aromatic carbocycles.